The Morgan fingerprint density at radius 2 is 1.76 bits per heavy atom. The standard InChI is InChI=1S/C28H18ClFN4O3/c29-21-7-3-1-5-16(21)14-33-22-8-4-2-6-19(22)28(27(33)36)20(13-31)25(32)34(18-11-9-17(30)10-12-18)23-15-37-26(35)24(23)28/h1-12H,14-15,32H2. The molecule has 0 aliphatic carbocycles. The highest BCUT2D eigenvalue weighted by Gasteiger charge is 2.63. The highest BCUT2D eigenvalue weighted by atomic mass is 35.5. The number of nitrogens with zero attached hydrogens (tertiary/aromatic N) is 3. The number of amides is 1. The van der Waals surface area contributed by atoms with Crippen LogP contribution >= 0.6 is 11.6 Å². The monoisotopic (exact) mass is 512 g/mol. The molecule has 1 atom stereocenters. The maximum absolute atomic E-state index is 14.5. The lowest BCUT2D eigenvalue weighted by Gasteiger charge is -2.38. The summed E-state index contributed by atoms with van der Waals surface area (Å²) in [6.07, 6.45) is 0. The zero-order chi connectivity index (χ0) is 25.9. The van der Waals surface area contributed by atoms with E-state index in [1.807, 2.05) is 12.1 Å². The van der Waals surface area contributed by atoms with Gasteiger partial charge in [0.15, 0.2) is 0 Å². The lowest BCUT2D eigenvalue weighted by Crippen LogP contribution is -2.50. The molecule has 1 amide bonds. The minimum atomic E-state index is -1.80. The number of rotatable bonds is 3. The Kier molecular flexibility index (Phi) is 5.07. The topological polar surface area (TPSA) is 99.7 Å². The molecular weight excluding hydrogens is 495 g/mol. The zero-order valence-electron chi connectivity index (χ0n) is 19.2. The molecule has 3 aliphatic rings. The van der Waals surface area contributed by atoms with Crippen molar-refractivity contribution in [3.8, 4) is 6.07 Å². The van der Waals surface area contributed by atoms with Gasteiger partial charge >= 0.3 is 5.97 Å². The second-order valence-corrected chi connectivity index (χ2v) is 9.24. The second kappa shape index (κ2) is 8.22. The van der Waals surface area contributed by atoms with Gasteiger partial charge in [0.2, 0.25) is 5.91 Å². The van der Waals surface area contributed by atoms with Crippen LogP contribution in [0.5, 0.6) is 0 Å². The highest BCUT2D eigenvalue weighted by molar-refractivity contribution is 6.31. The molecule has 3 heterocycles. The first-order valence-corrected chi connectivity index (χ1v) is 11.8. The number of hydrogen-bond donors (Lipinski definition) is 1. The summed E-state index contributed by atoms with van der Waals surface area (Å²) in [5, 5.41) is 10.9. The van der Waals surface area contributed by atoms with Gasteiger partial charge in [-0.3, -0.25) is 9.69 Å². The van der Waals surface area contributed by atoms with Gasteiger partial charge in [-0.1, -0.05) is 48.0 Å². The summed E-state index contributed by atoms with van der Waals surface area (Å²) in [6.45, 7) is -0.0398. The quantitative estimate of drug-likeness (QED) is 0.526. The Labute approximate surface area is 216 Å². The van der Waals surface area contributed by atoms with Crippen LogP contribution in [0.25, 0.3) is 0 Å². The number of halogens is 2. The van der Waals surface area contributed by atoms with Crippen LogP contribution in [0.2, 0.25) is 5.02 Å². The van der Waals surface area contributed by atoms with Gasteiger partial charge in [-0.15, -0.1) is 0 Å². The number of benzene rings is 3. The van der Waals surface area contributed by atoms with Gasteiger partial charge in [-0.2, -0.15) is 5.26 Å². The number of para-hydroxylation sites is 1. The van der Waals surface area contributed by atoms with Crippen molar-refractivity contribution in [1.82, 2.24) is 0 Å². The number of carbonyl (C=O) groups is 2. The minimum absolute atomic E-state index is 0.0293. The lowest BCUT2D eigenvalue weighted by molar-refractivity contribution is -0.137. The predicted molar refractivity (Wildman–Crippen MR) is 134 cm³/mol. The van der Waals surface area contributed by atoms with Gasteiger partial charge in [-0.25, -0.2) is 9.18 Å². The molecule has 6 rings (SSSR count). The molecule has 3 aromatic rings. The third kappa shape index (κ3) is 3.04. The van der Waals surface area contributed by atoms with E-state index in [9.17, 15) is 19.2 Å². The van der Waals surface area contributed by atoms with Gasteiger partial charge in [0.05, 0.1) is 23.4 Å². The summed E-state index contributed by atoms with van der Waals surface area (Å²) in [5.74, 6) is -1.71. The van der Waals surface area contributed by atoms with Crippen LogP contribution in [0.1, 0.15) is 11.1 Å². The molecule has 37 heavy (non-hydrogen) atoms. The fraction of sp³-hybridized carbons (Fsp3) is 0.107. The molecule has 0 saturated carbocycles. The first kappa shape index (κ1) is 22.8. The molecular formula is C28H18ClFN4O3. The van der Waals surface area contributed by atoms with E-state index in [4.69, 9.17) is 22.1 Å². The number of nitriles is 1. The minimum Gasteiger partial charge on any atom is -0.456 e. The van der Waals surface area contributed by atoms with E-state index in [0.717, 1.165) is 0 Å². The van der Waals surface area contributed by atoms with Gasteiger partial charge < -0.3 is 15.4 Å². The molecule has 2 N–H and O–H groups in total. The van der Waals surface area contributed by atoms with Crippen molar-refractivity contribution in [2.24, 2.45) is 5.73 Å². The number of carbonyl (C=O) groups excluding carboxylic acids is 2. The number of hydrogen-bond acceptors (Lipinski definition) is 6. The van der Waals surface area contributed by atoms with Crippen LogP contribution in [0.4, 0.5) is 15.8 Å². The average molecular weight is 513 g/mol. The number of esters is 1. The molecule has 0 bridgehead atoms. The van der Waals surface area contributed by atoms with Crippen molar-refractivity contribution in [1.29, 1.82) is 5.26 Å². The molecule has 9 heteroatoms. The molecule has 0 saturated heterocycles. The third-order valence-electron chi connectivity index (χ3n) is 7.00. The van der Waals surface area contributed by atoms with Gasteiger partial charge in [-0.05, 0) is 42.0 Å². The van der Waals surface area contributed by atoms with Crippen molar-refractivity contribution >= 4 is 34.9 Å². The molecule has 0 aromatic heterocycles. The van der Waals surface area contributed by atoms with Crippen molar-refractivity contribution in [2.75, 3.05) is 16.4 Å². The molecule has 1 spiro atoms. The molecule has 3 aromatic carbocycles. The average Bonchev–Trinajstić information content (AvgIpc) is 3.39. The summed E-state index contributed by atoms with van der Waals surface area (Å²) in [4.78, 5) is 30.8. The predicted octanol–water partition coefficient (Wildman–Crippen LogP) is 4.29. The number of ether oxygens (including phenoxy) is 1. The second-order valence-electron chi connectivity index (χ2n) is 8.83. The van der Waals surface area contributed by atoms with E-state index in [0.29, 0.717) is 33.2 Å². The molecule has 3 aliphatic heterocycles. The number of fused-ring (bicyclic) bond motifs is 3. The van der Waals surface area contributed by atoms with Gasteiger partial charge in [0.25, 0.3) is 0 Å². The lowest BCUT2D eigenvalue weighted by atomic mass is 9.67. The van der Waals surface area contributed by atoms with Crippen LogP contribution in [0, 0.1) is 17.1 Å². The normalized spacial score (nSPS) is 20.4. The van der Waals surface area contributed by atoms with Crippen LogP contribution in [0.15, 0.2) is 95.5 Å². The van der Waals surface area contributed by atoms with Gasteiger partial charge in [0.1, 0.15) is 29.7 Å². The highest BCUT2D eigenvalue weighted by Crippen LogP contribution is 2.56. The molecule has 7 nitrogen and oxygen atoms in total. The van der Waals surface area contributed by atoms with E-state index in [1.54, 1.807) is 36.4 Å². The van der Waals surface area contributed by atoms with Crippen LogP contribution < -0.4 is 15.5 Å². The summed E-state index contributed by atoms with van der Waals surface area (Å²) < 4.78 is 19.1. The third-order valence-corrected chi connectivity index (χ3v) is 7.37. The first-order chi connectivity index (χ1) is 17.9. The van der Waals surface area contributed by atoms with Crippen molar-refractivity contribution < 1.29 is 18.7 Å². The molecule has 0 fully saturated rings. The zero-order valence-corrected chi connectivity index (χ0v) is 20.0. The smallest absolute Gasteiger partial charge is 0.338 e. The van der Waals surface area contributed by atoms with Crippen molar-refractivity contribution in [2.45, 2.75) is 12.0 Å². The molecule has 0 radical (unpaired) electrons. The van der Waals surface area contributed by atoms with Crippen molar-refractivity contribution in [3.63, 3.8) is 0 Å². The maximum atomic E-state index is 14.5. The van der Waals surface area contributed by atoms with E-state index in [1.165, 1.54) is 34.1 Å². The fourth-order valence-corrected chi connectivity index (χ4v) is 5.63. The van der Waals surface area contributed by atoms with E-state index in [-0.39, 0.29) is 30.1 Å². The van der Waals surface area contributed by atoms with Crippen LogP contribution in [0.3, 0.4) is 0 Å². The summed E-state index contributed by atoms with van der Waals surface area (Å²) in [6, 6.07) is 21.7. The maximum Gasteiger partial charge on any atom is 0.338 e. The van der Waals surface area contributed by atoms with Crippen LogP contribution in [-0.2, 0) is 26.3 Å². The van der Waals surface area contributed by atoms with Crippen LogP contribution in [-0.4, -0.2) is 18.5 Å². The Morgan fingerprint density at radius 3 is 2.49 bits per heavy atom. The summed E-state index contributed by atoms with van der Waals surface area (Å²) in [5.41, 5.74) is 7.18. The summed E-state index contributed by atoms with van der Waals surface area (Å²) >= 11 is 6.41. The first-order valence-electron chi connectivity index (χ1n) is 11.4. The Bertz CT molecular complexity index is 1610. The van der Waals surface area contributed by atoms with Gasteiger partial charge in [0, 0.05) is 22.0 Å². The fourth-order valence-electron chi connectivity index (χ4n) is 5.43. The van der Waals surface area contributed by atoms with E-state index >= 15 is 0 Å². The number of cyclic esters (lactones) is 1. The molecule has 182 valence electrons. The van der Waals surface area contributed by atoms with E-state index < -0.39 is 23.1 Å². The molecule has 1 unspecified atom stereocenters. The Morgan fingerprint density at radius 1 is 1.05 bits per heavy atom. The SMILES string of the molecule is N#CC1=C(N)N(c2ccc(F)cc2)C2=C(C(=O)OC2)C12C(=O)N(Cc1ccccc1Cl)c1ccccc12. The Balaban J connectivity index is 1.61. The largest absolute Gasteiger partial charge is 0.456 e. The summed E-state index contributed by atoms with van der Waals surface area (Å²) in [7, 11) is 0. The Hall–Kier alpha value is -4.61. The van der Waals surface area contributed by atoms with E-state index in [2.05, 4.69) is 6.07 Å². The number of anilines is 2. The van der Waals surface area contributed by atoms with Crippen molar-refractivity contribution in [3.05, 3.63) is 117 Å². The number of nitrogens with two attached hydrogens (primary N) is 1.